The fourth-order valence-electron chi connectivity index (χ4n) is 4.70. The van der Waals surface area contributed by atoms with E-state index < -0.39 is 17.5 Å². The number of methoxy groups -OCH3 is 1. The Morgan fingerprint density at radius 2 is 1.69 bits per heavy atom. The average molecular weight is 413 g/mol. The highest BCUT2D eigenvalue weighted by Gasteiger charge is 2.56. The quantitative estimate of drug-likeness (QED) is 0.516. The van der Waals surface area contributed by atoms with E-state index >= 15 is 0 Å². The van der Waals surface area contributed by atoms with Crippen molar-refractivity contribution in [1.82, 2.24) is 0 Å². The Balaban J connectivity index is 1.71. The molecule has 1 saturated carbocycles. The van der Waals surface area contributed by atoms with Crippen molar-refractivity contribution in [1.29, 1.82) is 0 Å². The number of esters is 1. The average Bonchev–Trinajstić information content (AvgIpc) is 2.93. The van der Waals surface area contributed by atoms with Crippen LogP contribution in [0.25, 0.3) is 11.1 Å². The molecule has 1 atom stereocenters. The van der Waals surface area contributed by atoms with Gasteiger partial charge >= 0.3 is 5.97 Å². The SMILES string of the molecule is COC1CCC2(CC1)OC(=O)C(c1cc(-c3ccc(Cl)cc3)c(C)cc1C)C2=O. The summed E-state index contributed by atoms with van der Waals surface area (Å²) in [6.45, 7) is 3.98. The molecule has 1 aliphatic heterocycles. The van der Waals surface area contributed by atoms with Crippen molar-refractivity contribution in [3.05, 3.63) is 58.1 Å². The molecule has 0 amide bonds. The van der Waals surface area contributed by atoms with Crippen LogP contribution in [0, 0.1) is 13.8 Å². The number of hydrogen-bond acceptors (Lipinski definition) is 4. The molecule has 2 fully saturated rings. The topological polar surface area (TPSA) is 52.6 Å². The first kappa shape index (κ1) is 20.1. The van der Waals surface area contributed by atoms with Crippen LogP contribution in [0.1, 0.15) is 48.3 Å². The summed E-state index contributed by atoms with van der Waals surface area (Å²) >= 11 is 6.03. The fraction of sp³-hybridized carbons (Fsp3) is 0.417. The molecular formula is C24H25ClO4. The van der Waals surface area contributed by atoms with E-state index in [0.29, 0.717) is 17.9 Å². The predicted octanol–water partition coefficient (Wildman–Crippen LogP) is 5.16. The van der Waals surface area contributed by atoms with Crippen molar-refractivity contribution < 1.29 is 19.1 Å². The van der Waals surface area contributed by atoms with E-state index in [9.17, 15) is 9.59 Å². The zero-order chi connectivity index (χ0) is 20.8. The highest BCUT2D eigenvalue weighted by atomic mass is 35.5. The van der Waals surface area contributed by atoms with Crippen molar-refractivity contribution in [3.63, 3.8) is 0 Å². The highest BCUT2D eigenvalue weighted by molar-refractivity contribution is 6.30. The number of hydrogen-bond donors (Lipinski definition) is 0. The van der Waals surface area contributed by atoms with E-state index in [2.05, 4.69) is 0 Å². The van der Waals surface area contributed by atoms with Gasteiger partial charge in [0.25, 0.3) is 0 Å². The molecule has 4 nitrogen and oxygen atoms in total. The van der Waals surface area contributed by atoms with Gasteiger partial charge in [-0.2, -0.15) is 0 Å². The van der Waals surface area contributed by atoms with E-state index in [1.54, 1.807) is 7.11 Å². The predicted molar refractivity (Wildman–Crippen MR) is 112 cm³/mol. The van der Waals surface area contributed by atoms with Crippen LogP contribution in [-0.2, 0) is 19.1 Å². The van der Waals surface area contributed by atoms with Gasteiger partial charge < -0.3 is 9.47 Å². The maximum absolute atomic E-state index is 13.4. The lowest BCUT2D eigenvalue weighted by atomic mass is 9.76. The number of carbonyl (C=O) groups excluding carboxylic acids is 2. The fourth-order valence-corrected chi connectivity index (χ4v) is 4.83. The smallest absolute Gasteiger partial charge is 0.322 e. The molecule has 4 rings (SSSR count). The second-order valence-electron chi connectivity index (χ2n) is 8.18. The van der Waals surface area contributed by atoms with Crippen LogP contribution in [0.15, 0.2) is 36.4 Å². The molecule has 0 N–H and O–H groups in total. The van der Waals surface area contributed by atoms with Gasteiger partial charge in [-0.15, -0.1) is 0 Å². The van der Waals surface area contributed by atoms with E-state index in [4.69, 9.17) is 21.1 Å². The number of benzene rings is 2. The third-order valence-corrected chi connectivity index (χ3v) is 6.65. The summed E-state index contributed by atoms with van der Waals surface area (Å²) in [5.41, 5.74) is 3.76. The van der Waals surface area contributed by atoms with Gasteiger partial charge in [0, 0.05) is 12.1 Å². The molecule has 2 aromatic carbocycles. The molecule has 152 valence electrons. The number of ether oxygens (including phenoxy) is 2. The maximum atomic E-state index is 13.4. The Hall–Kier alpha value is -2.17. The van der Waals surface area contributed by atoms with E-state index in [-0.39, 0.29) is 11.9 Å². The minimum atomic E-state index is -0.992. The molecule has 0 bridgehead atoms. The van der Waals surface area contributed by atoms with E-state index in [1.165, 1.54) is 0 Å². The number of carbonyl (C=O) groups is 2. The maximum Gasteiger partial charge on any atom is 0.322 e. The summed E-state index contributed by atoms with van der Waals surface area (Å²) in [4.78, 5) is 26.3. The standard InChI is InChI=1S/C24H25ClO4/c1-14-12-15(2)20(13-19(14)16-4-6-17(25)7-5-16)21-22(26)24(29-23(21)27)10-8-18(28-3)9-11-24/h4-7,12-13,18,21H,8-11H2,1-3H3. The summed E-state index contributed by atoms with van der Waals surface area (Å²) < 4.78 is 11.2. The molecular weight excluding hydrogens is 388 g/mol. The lowest BCUT2D eigenvalue weighted by Gasteiger charge is -2.33. The molecule has 1 heterocycles. The Labute approximate surface area is 176 Å². The number of ketones is 1. The summed E-state index contributed by atoms with van der Waals surface area (Å²) in [6.07, 6.45) is 2.64. The summed E-state index contributed by atoms with van der Waals surface area (Å²) in [5, 5.41) is 0.668. The minimum absolute atomic E-state index is 0.105. The van der Waals surface area contributed by atoms with Crippen LogP contribution < -0.4 is 0 Å². The first-order chi connectivity index (χ1) is 13.8. The largest absolute Gasteiger partial charge is 0.450 e. The number of Topliss-reactive ketones (excluding diaryl/α,β-unsaturated/α-hetero) is 1. The number of halogens is 1. The van der Waals surface area contributed by atoms with Gasteiger partial charge in [-0.25, -0.2) is 0 Å². The Morgan fingerprint density at radius 3 is 2.31 bits per heavy atom. The van der Waals surface area contributed by atoms with Gasteiger partial charge in [-0.05, 0) is 85.5 Å². The molecule has 5 heteroatoms. The molecule has 1 saturated heterocycles. The lowest BCUT2D eigenvalue weighted by Crippen LogP contribution is -2.42. The van der Waals surface area contributed by atoms with Crippen LogP contribution in [-0.4, -0.2) is 30.6 Å². The van der Waals surface area contributed by atoms with Crippen LogP contribution in [0.4, 0.5) is 0 Å². The van der Waals surface area contributed by atoms with E-state index in [0.717, 1.165) is 40.7 Å². The minimum Gasteiger partial charge on any atom is -0.450 e. The molecule has 2 aromatic rings. The van der Waals surface area contributed by atoms with Gasteiger partial charge in [-0.3, -0.25) is 9.59 Å². The molecule has 1 spiro atoms. The van der Waals surface area contributed by atoms with Crippen LogP contribution in [0.3, 0.4) is 0 Å². The van der Waals surface area contributed by atoms with Gasteiger partial charge in [0.05, 0.1) is 6.10 Å². The number of rotatable bonds is 3. The normalized spacial score (nSPS) is 26.8. The summed E-state index contributed by atoms with van der Waals surface area (Å²) in [6, 6.07) is 11.6. The Kier molecular flexibility index (Phi) is 5.26. The lowest BCUT2D eigenvalue weighted by molar-refractivity contribution is -0.157. The second-order valence-corrected chi connectivity index (χ2v) is 8.61. The first-order valence-corrected chi connectivity index (χ1v) is 10.4. The molecule has 1 unspecified atom stereocenters. The van der Waals surface area contributed by atoms with Crippen LogP contribution in [0.2, 0.25) is 5.02 Å². The van der Waals surface area contributed by atoms with Crippen LogP contribution in [0.5, 0.6) is 0 Å². The highest BCUT2D eigenvalue weighted by Crippen LogP contribution is 2.45. The summed E-state index contributed by atoms with van der Waals surface area (Å²) in [5.74, 6) is -1.40. The Bertz CT molecular complexity index is 956. The van der Waals surface area contributed by atoms with Crippen molar-refractivity contribution in [3.8, 4) is 11.1 Å². The van der Waals surface area contributed by atoms with Crippen LogP contribution >= 0.6 is 11.6 Å². The number of aryl methyl sites for hydroxylation is 2. The van der Waals surface area contributed by atoms with Crippen molar-refractivity contribution in [2.75, 3.05) is 7.11 Å². The first-order valence-electron chi connectivity index (χ1n) is 10.0. The van der Waals surface area contributed by atoms with Crippen molar-refractivity contribution >= 4 is 23.4 Å². The van der Waals surface area contributed by atoms with Crippen molar-refractivity contribution in [2.24, 2.45) is 0 Å². The molecule has 0 aromatic heterocycles. The third-order valence-electron chi connectivity index (χ3n) is 6.40. The molecule has 29 heavy (non-hydrogen) atoms. The second kappa shape index (κ2) is 7.58. The monoisotopic (exact) mass is 412 g/mol. The third kappa shape index (κ3) is 3.49. The Morgan fingerprint density at radius 1 is 1.03 bits per heavy atom. The molecule has 2 aliphatic rings. The van der Waals surface area contributed by atoms with Crippen molar-refractivity contribution in [2.45, 2.75) is 57.2 Å². The zero-order valence-electron chi connectivity index (χ0n) is 17.0. The van der Waals surface area contributed by atoms with Gasteiger partial charge in [0.1, 0.15) is 5.92 Å². The molecule has 0 radical (unpaired) electrons. The van der Waals surface area contributed by atoms with Gasteiger partial charge in [-0.1, -0.05) is 29.8 Å². The van der Waals surface area contributed by atoms with Gasteiger partial charge in [0.15, 0.2) is 11.4 Å². The zero-order valence-corrected chi connectivity index (χ0v) is 17.7. The van der Waals surface area contributed by atoms with Gasteiger partial charge in [0.2, 0.25) is 0 Å². The molecule has 1 aliphatic carbocycles. The van der Waals surface area contributed by atoms with E-state index in [1.807, 2.05) is 50.2 Å². The summed E-state index contributed by atoms with van der Waals surface area (Å²) in [7, 11) is 1.68.